The highest BCUT2D eigenvalue weighted by molar-refractivity contribution is 6.27. The van der Waals surface area contributed by atoms with E-state index in [-0.39, 0.29) is 11.8 Å². The molecular formula is C14H15N3O2. The highest BCUT2D eigenvalue weighted by Gasteiger charge is 2.33. The zero-order valence-electron chi connectivity index (χ0n) is 10.9. The number of fused-ring (bicyclic) bond motifs is 3. The second kappa shape index (κ2) is 4.50. The Morgan fingerprint density at radius 2 is 2.32 bits per heavy atom. The molecule has 1 aromatic rings. The van der Waals surface area contributed by atoms with E-state index in [0.717, 1.165) is 18.7 Å². The first kappa shape index (κ1) is 11.9. The van der Waals surface area contributed by atoms with Crippen LogP contribution in [0.3, 0.4) is 0 Å². The van der Waals surface area contributed by atoms with Gasteiger partial charge in [0.1, 0.15) is 17.1 Å². The van der Waals surface area contributed by atoms with Crippen LogP contribution in [0.1, 0.15) is 29.4 Å². The summed E-state index contributed by atoms with van der Waals surface area (Å²) in [6.07, 6.45) is 2.60. The number of Topliss-reactive ketones (excluding diaryl/α,β-unsaturated/α-hetero) is 1. The summed E-state index contributed by atoms with van der Waals surface area (Å²) in [6, 6.07) is 3.71. The fourth-order valence-corrected chi connectivity index (χ4v) is 2.41. The average Bonchev–Trinajstić information content (AvgIpc) is 2.61. The fraction of sp³-hybridized carbons (Fsp3) is 0.357. The van der Waals surface area contributed by atoms with Crippen LogP contribution < -0.4 is 5.32 Å². The van der Waals surface area contributed by atoms with Crippen molar-refractivity contribution in [1.82, 2.24) is 10.3 Å². The number of methoxy groups -OCH3 is 1. The maximum absolute atomic E-state index is 12.4. The van der Waals surface area contributed by atoms with Gasteiger partial charge in [-0.3, -0.25) is 14.8 Å². The van der Waals surface area contributed by atoms with Crippen LogP contribution in [-0.4, -0.2) is 36.2 Å². The van der Waals surface area contributed by atoms with Gasteiger partial charge in [-0.05, 0) is 25.5 Å². The van der Waals surface area contributed by atoms with Crippen molar-refractivity contribution in [2.24, 2.45) is 4.99 Å². The van der Waals surface area contributed by atoms with E-state index in [2.05, 4.69) is 22.2 Å². The molecule has 19 heavy (non-hydrogen) atoms. The van der Waals surface area contributed by atoms with Crippen LogP contribution in [0.25, 0.3) is 0 Å². The predicted octanol–water partition coefficient (Wildman–Crippen LogP) is 1.31. The number of carbonyl (C=O) groups excluding carboxylic acids is 1. The number of carbonyl (C=O) groups is 1. The van der Waals surface area contributed by atoms with Gasteiger partial charge in [-0.25, -0.2) is 0 Å². The predicted molar refractivity (Wildman–Crippen MR) is 71.2 cm³/mol. The Bertz CT molecular complexity index is 604. The lowest BCUT2D eigenvalue weighted by Crippen LogP contribution is -2.31. The minimum Gasteiger partial charge on any atom is -0.491 e. The number of ether oxygens (including phenoxy) is 1. The third-order valence-electron chi connectivity index (χ3n) is 3.36. The summed E-state index contributed by atoms with van der Waals surface area (Å²) >= 11 is 0. The number of aromatic nitrogens is 1. The molecular weight excluding hydrogens is 242 g/mol. The van der Waals surface area contributed by atoms with Gasteiger partial charge in [-0.2, -0.15) is 0 Å². The van der Waals surface area contributed by atoms with Gasteiger partial charge in [0.15, 0.2) is 5.76 Å². The Hall–Kier alpha value is -2.17. The van der Waals surface area contributed by atoms with Crippen molar-refractivity contribution in [1.29, 1.82) is 0 Å². The van der Waals surface area contributed by atoms with Crippen LogP contribution in [0, 0.1) is 0 Å². The number of aliphatic imine (C=N–C) groups is 1. The van der Waals surface area contributed by atoms with Gasteiger partial charge in [0, 0.05) is 18.8 Å². The molecule has 1 aromatic heterocycles. The Morgan fingerprint density at radius 3 is 3.11 bits per heavy atom. The Kier molecular flexibility index (Phi) is 2.81. The molecule has 1 aliphatic heterocycles. The lowest BCUT2D eigenvalue weighted by molar-refractivity contribution is 0.0947. The Morgan fingerprint density at radius 1 is 1.47 bits per heavy atom. The van der Waals surface area contributed by atoms with Crippen molar-refractivity contribution < 1.29 is 9.53 Å². The van der Waals surface area contributed by atoms with Gasteiger partial charge in [0.05, 0.1) is 12.7 Å². The third-order valence-corrected chi connectivity index (χ3v) is 3.36. The van der Waals surface area contributed by atoms with Crippen LogP contribution in [0.4, 0.5) is 0 Å². The van der Waals surface area contributed by atoms with E-state index < -0.39 is 0 Å². The van der Waals surface area contributed by atoms with E-state index in [1.165, 1.54) is 7.11 Å². The minimum atomic E-state index is -0.137. The number of ketones is 1. The van der Waals surface area contributed by atoms with Gasteiger partial charge >= 0.3 is 0 Å². The first-order chi connectivity index (χ1) is 9.22. The quantitative estimate of drug-likeness (QED) is 0.823. The van der Waals surface area contributed by atoms with E-state index in [0.29, 0.717) is 22.7 Å². The van der Waals surface area contributed by atoms with Crippen LogP contribution in [0.2, 0.25) is 0 Å². The largest absolute Gasteiger partial charge is 0.491 e. The van der Waals surface area contributed by atoms with Crippen molar-refractivity contribution >= 4 is 11.5 Å². The topological polar surface area (TPSA) is 63.6 Å². The smallest absolute Gasteiger partial charge is 0.232 e. The summed E-state index contributed by atoms with van der Waals surface area (Å²) in [4.78, 5) is 21.4. The molecule has 3 rings (SSSR count). The van der Waals surface area contributed by atoms with E-state index in [1.54, 1.807) is 18.3 Å². The second-order valence-electron chi connectivity index (χ2n) is 4.68. The standard InChI is InChI=1S/C14H15N3O2/c1-8-5-7-16-12-11(17-8)10-9(4-3-6-15-10)13(18)14(12)19-2/h3-4,6,8,16H,5,7H2,1-2H3. The maximum Gasteiger partial charge on any atom is 0.232 e. The molecule has 0 fully saturated rings. The fourth-order valence-electron chi connectivity index (χ4n) is 2.41. The van der Waals surface area contributed by atoms with Crippen molar-refractivity contribution in [2.45, 2.75) is 19.4 Å². The van der Waals surface area contributed by atoms with Crippen LogP contribution in [0.15, 0.2) is 34.8 Å². The minimum absolute atomic E-state index is 0.137. The van der Waals surface area contributed by atoms with Crippen molar-refractivity contribution in [3.8, 4) is 0 Å². The van der Waals surface area contributed by atoms with Crippen molar-refractivity contribution in [3.63, 3.8) is 0 Å². The summed E-state index contributed by atoms with van der Waals surface area (Å²) in [7, 11) is 1.51. The number of allylic oxidation sites excluding steroid dienone is 2. The zero-order valence-corrected chi connectivity index (χ0v) is 10.9. The molecule has 0 saturated heterocycles. The number of pyridine rings is 1. The molecule has 0 saturated carbocycles. The van der Waals surface area contributed by atoms with E-state index in [9.17, 15) is 4.79 Å². The lowest BCUT2D eigenvalue weighted by Gasteiger charge is -2.21. The van der Waals surface area contributed by atoms with Gasteiger partial charge < -0.3 is 10.1 Å². The summed E-state index contributed by atoms with van der Waals surface area (Å²) in [6.45, 7) is 2.83. The van der Waals surface area contributed by atoms with Crippen LogP contribution in [0.5, 0.6) is 0 Å². The summed E-state index contributed by atoms with van der Waals surface area (Å²) in [5.41, 5.74) is 2.60. The van der Waals surface area contributed by atoms with E-state index in [1.807, 2.05) is 0 Å². The molecule has 0 radical (unpaired) electrons. The van der Waals surface area contributed by atoms with Crippen LogP contribution in [-0.2, 0) is 4.74 Å². The lowest BCUT2D eigenvalue weighted by atomic mass is 9.95. The molecule has 2 aliphatic rings. The van der Waals surface area contributed by atoms with E-state index >= 15 is 0 Å². The number of rotatable bonds is 1. The summed E-state index contributed by atoms with van der Waals surface area (Å²) < 4.78 is 5.28. The maximum atomic E-state index is 12.4. The molecule has 98 valence electrons. The Labute approximate surface area is 111 Å². The normalized spacial score (nSPS) is 21.9. The molecule has 2 heterocycles. The SMILES string of the molecule is COC1=C2NCCC(C)N=C2c2ncccc2C1=O. The molecule has 0 amide bonds. The molecule has 1 N–H and O–H groups in total. The second-order valence-corrected chi connectivity index (χ2v) is 4.68. The summed E-state index contributed by atoms with van der Waals surface area (Å²) in [5, 5.41) is 3.25. The third kappa shape index (κ3) is 1.82. The highest BCUT2D eigenvalue weighted by Crippen LogP contribution is 2.26. The number of nitrogens with one attached hydrogen (secondary N) is 1. The molecule has 1 unspecified atom stereocenters. The molecule has 1 atom stereocenters. The molecule has 1 aliphatic carbocycles. The van der Waals surface area contributed by atoms with Crippen LogP contribution >= 0.6 is 0 Å². The van der Waals surface area contributed by atoms with E-state index in [4.69, 9.17) is 4.74 Å². The average molecular weight is 257 g/mol. The number of nitrogens with zero attached hydrogens (tertiary/aromatic N) is 2. The van der Waals surface area contributed by atoms with Gasteiger partial charge in [-0.15, -0.1) is 0 Å². The highest BCUT2D eigenvalue weighted by atomic mass is 16.5. The Balaban J connectivity index is 2.27. The molecule has 0 spiro atoms. The first-order valence-electron chi connectivity index (χ1n) is 6.32. The monoisotopic (exact) mass is 257 g/mol. The summed E-state index contributed by atoms with van der Waals surface area (Å²) in [5.74, 6) is 0.190. The zero-order chi connectivity index (χ0) is 13.4. The van der Waals surface area contributed by atoms with Gasteiger partial charge in [0.2, 0.25) is 5.78 Å². The first-order valence-corrected chi connectivity index (χ1v) is 6.32. The molecule has 5 heteroatoms. The number of hydrogen-bond donors (Lipinski definition) is 1. The molecule has 0 bridgehead atoms. The van der Waals surface area contributed by atoms with Crippen molar-refractivity contribution in [2.75, 3.05) is 13.7 Å². The molecule has 0 aromatic carbocycles. The van der Waals surface area contributed by atoms with Gasteiger partial charge in [-0.1, -0.05) is 0 Å². The number of hydrogen-bond acceptors (Lipinski definition) is 5. The molecule has 5 nitrogen and oxygen atoms in total. The van der Waals surface area contributed by atoms with Gasteiger partial charge in [0.25, 0.3) is 0 Å². The van der Waals surface area contributed by atoms with Crippen molar-refractivity contribution in [3.05, 3.63) is 41.0 Å².